The van der Waals surface area contributed by atoms with E-state index >= 15 is 0 Å². The van der Waals surface area contributed by atoms with Crippen LogP contribution in [0.4, 0.5) is 0 Å². The predicted molar refractivity (Wildman–Crippen MR) is 68.3 cm³/mol. The van der Waals surface area contributed by atoms with Crippen molar-refractivity contribution < 1.29 is 14.6 Å². The van der Waals surface area contributed by atoms with Gasteiger partial charge in [0, 0.05) is 26.2 Å². The topological polar surface area (TPSA) is 61.8 Å². The van der Waals surface area contributed by atoms with E-state index in [4.69, 9.17) is 4.74 Å². The first kappa shape index (κ1) is 16.4. The summed E-state index contributed by atoms with van der Waals surface area (Å²) in [6, 6.07) is 0.294. The van der Waals surface area contributed by atoms with Gasteiger partial charge >= 0.3 is 5.97 Å². The first-order valence-corrected chi connectivity index (χ1v) is 6.08. The maximum atomic E-state index is 11.3. The van der Waals surface area contributed by atoms with Crippen molar-refractivity contribution in [1.29, 1.82) is 0 Å². The van der Waals surface area contributed by atoms with Gasteiger partial charge < -0.3 is 15.2 Å². The molecule has 0 bridgehead atoms. The molecule has 0 amide bonds. The number of methoxy groups -OCH3 is 1. The van der Waals surface area contributed by atoms with Gasteiger partial charge in [-0.25, -0.2) is 0 Å². The van der Waals surface area contributed by atoms with Crippen molar-refractivity contribution in [2.24, 2.45) is 0 Å². The molecule has 0 spiro atoms. The Labute approximate surface area is 104 Å². The molecule has 0 fully saturated rings. The maximum Gasteiger partial charge on any atom is 0.324 e. The van der Waals surface area contributed by atoms with Crippen LogP contribution < -0.4 is 5.32 Å². The molecule has 0 heterocycles. The fraction of sp³-hybridized carbons (Fsp3) is 0.917. The highest BCUT2D eigenvalue weighted by Gasteiger charge is 2.34. The molecule has 0 aromatic rings. The molecule has 0 aromatic heterocycles. The molecule has 0 rings (SSSR count). The molecule has 5 nitrogen and oxygen atoms in total. The molecule has 0 saturated heterocycles. The summed E-state index contributed by atoms with van der Waals surface area (Å²) in [4.78, 5) is 13.4. The van der Waals surface area contributed by atoms with E-state index in [1.54, 1.807) is 14.0 Å². The highest BCUT2D eigenvalue weighted by atomic mass is 16.5. The van der Waals surface area contributed by atoms with Crippen molar-refractivity contribution in [3.05, 3.63) is 0 Å². The van der Waals surface area contributed by atoms with Crippen LogP contribution in [0.3, 0.4) is 0 Å². The fourth-order valence-electron chi connectivity index (χ4n) is 1.72. The fourth-order valence-corrected chi connectivity index (χ4v) is 1.72. The van der Waals surface area contributed by atoms with Gasteiger partial charge in [-0.05, 0) is 27.3 Å². The second-order valence-corrected chi connectivity index (χ2v) is 4.72. The average molecular weight is 246 g/mol. The van der Waals surface area contributed by atoms with Gasteiger partial charge in [-0.3, -0.25) is 9.69 Å². The molecule has 1 atom stereocenters. The van der Waals surface area contributed by atoms with E-state index in [0.29, 0.717) is 25.7 Å². The van der Waals surface area contributed by atoms with E-state index in [9.17, 15) is 9.90 Å². The van der Waals surface area contributed by atoms with Gasteiger partial charge in [-0.15, -0.1) is 0 Å². The maximum absolute atomic E-state index is 11.3. The van der Waals surface area contributed by atoms with E-state index < -0.39 is 11.5 Å². The third-order valence-electron chi connectivity index (χ3n) is 2.87. The predicted octanol–water partition coefficient (Wildman–Crippen LogP) is 0.796. The van der Waals surface area contributed by atoms with Gasteiger partial charge in [0.15, 0.2) is 0 Å². The van der Waals surface area contributed by atoms with Crippen LogP contribution in [0.2, 0.25) is 0 Å². The number of ether oxygens (including phenoxy) is 1. The summed E-state index contributed by atoms with van der Waals surface area (Å²) in [5.74, 6) is -0.817. The number of hydrogen-bond donors (Lipinski definition) is 2. The summed E-state index contributed by atoms with van der Waals surface area (Å²) in [7, 11) is 1.65. The number of carbonyl (C=O) groups is 1. The van der Waals surface area contributed by atoms with Crippen LogP contribution in [-0.4, -0.2) is 60.9 Å². The van der Waals surface area contributed by atoms with E-state index in [1.807, 2.05) is 6.92 Å². The van der Waals surface area contributed by atoms with E-state index in [0.717, 1.165) is 6.54 Å². The van der Waals surface area contributed by atoms with Gasteiger partial charge in [0.1, 0.15) is 5.54 Å². The summed E-state index contributed by atoms with van der Waals surface area (Å²) in [6.45, 7) is 10.2. The number of nitrogens with one attached hydrogen (secondary N) is 1. The molecule has 17 heavy (non-hydrogen) atoms. The van der Waals surface area contributed by atoms with Gasteiger partial charge in [-0.2, -0.15) is 0 Å². The van der Waals surface area contributed by atoms with Crippen LogP contribution in [0.25, 0.3) is 0 Å². The second kappa shape index (κ2) is 7.63. The lowest BCUT2D eigenvalue weighted by Gasteiger charge is -2.35. The number of likely N-dealkylation sites (N-methyl/N-ethyl adjacent to an activating group) is 1. The molecule has 0 saturated carbocycles. The van der Waals surface area contributed by atoms with Crippen molar-refractivity contribution in [2.45, 2.75) is 39.3 Å². The number of aliphatic carboxylic acids is 1. The minimum absolute atomic E-state index is 0.294. The Hall–Kier alpha value is -0.650. The number of carboxylic acid groups (broad SMARTS) is 1. The van der Waals surface area contributed by atoms with Crippen molar-refractivity contribution in [2.75, 3.05) is 33.4 Å². The average Bonchev–Trinajstić information content (AvgIpc) is 2.24. The van der Waals surface area contributed by atoms with Crippen LogP contribution in [0.15, 0.2) is 0 Å². The smallest absolute Gasteiger partial charge is 0.324 e. The number of hydrogen-bond acceptors (Lipinski definition) is 4. The summed E-state index contributed by atoms with van der Waals surface area (Å²) in [5.41, 5.74) is -0.910. The molecule has 102 valence electrons. The van der Waals surface area contributed by atoms with Crippen LogP contribution in [-0.2, 0) is 9.53 Å². The summed E-state index contributed by atoms with van der Waals surface area (Å²) < 4.78 is 5.05. The van der Waals surface area contributed by atoms with Gasteiger partial charge in [0.2, 0.25) is 0 Å². The molecule has 2 N–H and O–H groups in total. The molecule has 0 aromatic carbocycles. The van der Waals surface area contributed by atoms with Gasteiger partial charge in [0.25, 0.3) is 0 Å². The minimum atomic E-state index is -0.910. The lowest BCUT2D eigenvalue weighted by molar-refractivity contribution is -0.145. The number of nitrogens with zero attached hydrogens (tertiary/aromatic N) is 1. The Morgan fingerprint density at radius 3 is 2.47 bits per heavy atom. The van der Waals surface area contributed by atoms with E-state index in [-0.39, 0.29) is 0 Å². The Morgan fingerprint density at radius 1 is 1.53 bits per heavy atom. The normalized spacial score (nSPS) is 15.2. The van der Waals surface area contributed by atoms with Crippen molar-refractivity contribution >= 4 is 5.97 Å². The van der Waals surface area contributed by atoms with Gasteiger partial charge in [-0.1, -0.05) is 6.92 Å². The summed E-state index contributed by atoms with van der Waals surface area (Å²) in [6.07, 6.45) is 0. The van der Waals surface area contributed by atoms with Crippen LogP contribution in [0.1, 0.15) is 27.7 Å². The Balaban J connectivity index is 4.61. The van der Waals surface area contributed by atoms with E-state index in [2.05, 4.69) is 24.1 Å². The first-order valence-electron chi connectivity index (χ1n) is 6.08. The molecule has 5 heteroatoms. The number of carboxylic acids is 1. The van der Waals surface area contributed by atoms with Crippen molar-refractivity contribution in [3.8, 4) is 0 Å². The van der Waals surface area contributed by atoms with Gasteiger partial charge in [0.05, 0.1) is 6.61 Å². The quantitative estimate of drug-likeness (QED) is 0.630. The molecule has 1 unspecified atom stereocenters. The largest absolute Gasteiger partial charge is 0.480 e. The standard InChI is InChI=1S/C12H26N2O3/c1-6-13-12(4,11(15)16)9-14(10(2)3)7-8-17-5/h10,13H,6-9H2,1-5H3,(H,15,16). The number of rotatable bonds is 9. The Bertz CT molecular complexity index is 234. The molecule has 0 aliphatic carbocycles. The zero-order chi connectivity index (χ0) is 13.5. The second-order valence-electron chi connectivity index (χ2n) is 4.72. The van der Waals surface area contributed by atoms with Crippen molar-refractivity contribution in [3.63, 3.8) is 0 Å². The SMILES string of the molecule is CCNC(C)(CN(CCOC)C(C)C)C(=O)O. The minimum Gasteiger partial charge on any atom is -0.480 e. The van der Waals surface area contributed by atoms with Crippen molar-refractivity contribution in [1.82, 2.24) is 10.2 Å². The third-order valence-corrected chi connectivity index (χ3v) is 2.87. The summed E-state index contributed by atoms with van der Waals surface area (Å²) in [5, 5.41) is 12.3. The lowest BCUT2D eigenvalue weighted by Crippen LogP contribution is -2.58. The van der Waals surface area contributed by atoms with E-state index in [1.165, 1.54) is 0 Å². The molecular weight excluding hydrogens is 220 g/mol. The zero-order valence-electron chi connectivity index (χ0n) is 11.6. The molecule has 0 aliphatic heterocycles. The molecule has 0 aliphatic rings. The Kier molecular flexibility index (Phi) is 7.34. The van der Waals surface area contributed by atoms with Crippen LogP contribution >= 0.6 is 0 Å². The first-order chi connectivity index (χ1) is 7.87. The van der Waals surface area contributed by atoms with Crippen LogP contribution in [0.5, 0.6) is 0 Å². The molecular formula is C12H26N2O3. The zero-order valence-corrected chi connectivity index (χ0v) is 11.6. The third kappa shape index (κ3) is 5.48. The monoisotopic (exact) mass is 246 g/mol. The highest BCUT2D eigenvalue weighted by Crippen LogP contribution is 2.10. The highest BCUT2D eigenvalue weighted by molar-refractivity contribution is 5.78. The molecule has 0 radical (unpaired) electrons. The van der Waals surface area contributed by atoms with Crippen LogP contribution in [0, 0.1) is 0 Å². The Morgan fingerprint density at radius 2 is 2.12 bits per heavy atom. The summed E-state index contributed by atoms with van der Waals surface area (Å²) >= 11 is 0. The lowest BCUT2D eigenvalue weighted by atomic mass is 10.0.